The third-order valence-electron chi connectivity index (χ3n) is 3.06. The van der Waals surface area contributed by atoms with Crippen molar-refractivity contribution in [2.24, 2.45) is 0 Å². The molecule has 0 aromatic carbocycles. The van der Waals surface area contributed by atoms with Crippen LogP contribution >= 0.6 is 11.6 Å². The van der Waals surface area contributed by atoms with Crippen LogP contribution in [0.15, 0.2) is 6.20 Å². The number of rotatable bonds is 5. The molecule has 0 amide bonds. The van der Waals surface area contributed by atoms with E-state index in [4.69, 9.17) is 11.6 Å². The maximum absolute atomic E-state index is 10.6. The van der Waals surface area contributed by atoms with Gasteiger partial charge in [-0.2, -0.15) is 5.10 Å². The lowest BCUT2D eigenvalue weighted by Crippen LogP contribution is -2.38. The Kier molecular flexibility index (Phi) is 3.48. The number of aromatic nitrogens is 2. The first-order chi connectivity index (χ1) is 7.92. The molecule has 1 aromatic rings. The molecule has 0 radical (unpaired) electrons. The quantitative estimate of drug-likeness (QED) is 0.849. The van der Waals surface area contributed by atoms with Gasteiger partial charge in [0, 0.05) is 18.6 Å². The van der Waals surface area contributed by atoms with Crippen molar-refractivity contribution in [3.63, 3.8) is 0 Å². The Balaban J connectivity index is 2.20. The Labute approximate surface area is 107 Å². The van der Waals surface area contributed by atoms with Crippen LogP contribution in [0, 0.1) is 0 Å². The minimum absolute atomic E-state index is 0.185. The minimum Gasteiger partial charge on any atom is -0.382 e. The lowest BCUT2D eigenvalue weighted by Gasteiger charge is -2.26. The van der Waals surface area contributed by atoms with Crippen molar-refractivity contribution in [3.05, 3.63) is 16.9 Å². The van der Waals surface area contributed by atoms with Crippen LogP contribution in [0.5, 0.6) is 0 Å². The molecule has 1 saturated carbocycles. The first-order valence-corrected chi connectivity index (χ1v) is 6.49. The van der Waals surface area contributed by atoms with Crippen molar-refractivity contribution in [2.45, 2.75) is 51.3 Å². The summed E-state index contributed by atoms with van der Waals surface area (Å²) < 4.78 is 1.79. The number of hydrogen-bond acceptors (Lipinski definition) is 3. The fourth-order valence-corrected chi connectivity index (χ4v) is 2.28. The predicted molar refractivity (Wildman–Crippen MR) is 68.2 cm³/mol. The van der Waals surface area contributed by atoms with Crippen LogP contribution in [-0.4, -0.2) is 27.5 Å². The molecule has 0 bridgehead atoms. The molecule has 1 atom stereocenters. The highest BCUT2D eigenvalue weighted by Crippen LogP contribution is 2.30. The van der Waals surface area contributed by atoms with Gasteiger partial charge in [0.1, 0.15) is 5.60 Å². The number of hydrogen-bond donors (Lipinski definition) is 2. The van der Waals surface area contributed by atoms with Crippen LogP contribution in [0.2, 0.25) is 5.02 Å². The Bertz CT molecular complexity index is 396. The van der Waals surface area contributed by atoms with Crippen molar-refractivity contribution in [1.82, 2.24) is 15.1 Å². The van der Waals surface area contributed by atoms with Crippen molar-refractivity contribution in [2.75, 3.05) is 6.54 Å². The molecule has 0 spiro atoms. The van der Waals surface area contributed by atoms with Gasteiger partial charge in [-0.3, -0.25) is 4.68 Å². The van der Waals surface area contributed by atoms with Gasteiger partial charge in [0.05, 0.1) is 16.9 Å². The summed E-state index contributed by atoms with van der Waals surface area (Å²) in [5, 5.41) is 18.6. The average Bonchev–Trinajstić information content (AvgIpc) is 2.97. The lowest BCUT2D eigenvalue weighted by molar-refractivity contribution is 0.0460. The zero-order valence-corrected chi connectivity index (χ0v) is 11.3. The Hall–Kier alpha value is -0.580. The van der Waals surface area contributed by atoms with Gasteiger partial charge < -0.3 is 10.4 Å². The van der Waals surface area contributed by atoms with E-state index in [2.05, 4.69) is 10.4 Å². The Morgan fingerprint density at radius 2 is 2.29 bits per heavy atom. The molecule has 2 rings (SSSR count). The second kappa shape index (κ2) is 4.59. The van der Waals surface area contributed by atoms with Crippen molar-refractivity contribution < 1.29 is 5.11 Å². The van der Waals surface area contributed by atoms with Crippen LogP contribution in [0.4, 0.5) is 0 Å². The van der Waals surface area contributed by atoms with E-state index in [-0.39, 0.29) is 6.04 Å². The van der Waals surface area contributed by atoms with Crippen LogP contribution in [0.1, 0.15) is 45.3 Å². The molecule has 96 valence electrons. The molecule has 5 heteroatoms. The van der Waals surface area contributed by atoms with Gasteiger partial charge in [0.25, 0.3) is 0 Å². The van der Waals surface area contributed by atoms with Crippen molar-refractivity contribution in [3.8, 4) is 0 Å². The molecule has 0 aliphatic heterocycles. The van der Waals surface area contributed by atoms with Crippen molar-refractivity contribution in [1.29, 1.82) is 0 Å². The highest BCUT2D eigenvalue weighted by molar-refractivity contribution is 6.31. The molecule has 1 aromatic heterocycles. The maximum Gasteiger partial charge on any atom is 0.117 e. The summed E-state index contributed by atoms with van der Waals surface area (Å²) >= 11 is 6.13. The standard InChI is InChI=1S/C12H20ClN3O/c1-8(2)16-11(10(13)6-15-16)12(3,17)7-14-9-4-5-9/h6,8-9,14,17H,4-5,7H2,1-3H3. The highest BCUT2D eigenvalue weighted by Gasteiger charge is 2.33. The number of nitrogens with zero attached hydrogens (tertiary/aromatic N) is 2. The summed E-state index contributed by atoms with van der Waals surface area (Å²) in [6.45, 7) is 6.34. The molecule has 1 fully saturated rings. The number of nitrogens with one attached hydrogen (secondary N) is 1. The van der Waals surface area contributed by atoms with E-state index in [1.807, 2.05) is 13.8 Å². The summed E-state index contributed by atoms with van der Waals surface area (Å²) in [6, 6.07) is 0.751. The van der Waals surface area contributed by atoms with E-state index in [1.165, 1.54) is 12.8 Å². The van der Waals surface area contributed by atoms with Gasteiger partial charge in [-0.1, -0.05) is 11.6 Å². The number of halogens is 1. The monoisotopic (exact) mass is 257 g/mol. The predicted octanol–water partition coefficient (Wildman–Crippen LogP) is 2.08. The van der Waals surface area contributed by atoms with E-state index < -0.39 is 5.60 Å². The lowest BCUT2D eigenvalue weighted by atomic mass is 10.0. The van der Waals surface area contributed by atoms with Gasteiger partial charge in [0.2, 0.25) is 0 Å². The van der Waals surface area contributed by atoms with E-state index >= 15 is 0 Å². The smallest absolute Gasteiger partial charge is 0.117 e. The van der Waals surface area contributed by atoms with Gasteiger partial charge in [-0.25, -0.2) is 0 Å². The molecular formula is C12H20ClN3O. The Morgan fingerprint density at radius 1 is 1.65 bits per heavy atom. The topological polar surface area (TPSA) is 50.1 Å². The van der Waals surface area contributed by atoms with Crippen molar-refractivity contribution >= 4 is 11.6 Å². The van der Waals surface area contributed by atoms with Crippen LogP contribution in [0.3, 0.4) is 0 Å². The molecule has 17 heavy (non-hydrogen) atoms. The second-order valence-electron chi connectivity index (χ2n) is 5.31. The van der Waals surface area contributed by atoms with Gasteiger partial charge in [-0.15, -0.1) is 0 Å². The number of aliphatic hydroxyl groups is 1. The third-order valence-corrected chi connectivity index (χ3v) is 3.34. The minimum atomic E-state index is -0.986. The van der Waals surface area contributed by atoms with Gasteiger partial charge >= 0.3 is 0 Å². The fourth-order valence-electron chi connectivity index (χ4n) is 1.95. The Morgan fingerprint density at radius 3 is 2.82 bits per heavy atom. The van der Waals surface area contributed by atoms with E-state index in [0.717, 1.165) is 0 Å². The van der Waals surface area contributed by atoms with Gasteiger partial charge in [-0.05, 0) is 33.6 Å². The second-order valence-corrected chi connectivity index (χ2v) is 5.72. The molecule has 1 unspecified atom stereocenters. The molecule has 1 aliphatic carbocycles. The van der Waals surface area contributed by atoms with E-state index in [9.17, 15) is 5.11 Å². The molecular weight excluding hydrogens is 238 g/mol. The molecule has 2 N–H and O–H groups in total. The van der Waals surface area contributed by atoms with E-state index in [1.54, 1.807) is 17.8 Å². The molecule has 4 nitrogen and oxygen atoms in total. The summed E-state index contributed by atoms with van der Waals surface area (Å²) in [6.07, 6.45) is 4.00. The fraction of sp³-hybridized carbons (Fsp3) is 0.750. The van der Waals surface area contributed by atoms with E-state index in [0.29, 0.717) is 23.3 Å². The highest BCUT2D eigenvalue weighted by atomic mass is 35.5. The summed E-state index contributed by atoms with van der Waals surface area (Å²) in [5.74, 6) is 0. The molecule has 1 aliphatic rings. The first-order valence-electron chi connectivity index (χ1n) is 6.11. The summed E-state index contributed by atoms with van der Waals surface area (Å²) in [5.41, 5.74) is -0.289. The average molecular weight is 258 g/mol. The maximum atomic E-state index is 10.6. The van der Waals surface area contributed by atoms with Crippen LogP contribution in [-0.2, 0) is 5.60 Å². The van der Waals surface area contributed by atoms with Gasteiger partial charge in [0.15, 0.2) is 0 Å². The summed E-state index contributed by atoms with van der Waals surface area (Å²) in [7, 11) is 0. The largest absolute Gasteiger partial charge is 0.382 e. The molecule has 1 heterocycles. The SMILES string of the molecule is CC(C)n1ncc(Cl)c1C(C)(O)CNC1CC1. The normalized spacial score (nSPS) is 19.6. The zero-order valence-electron chi connectivity index (χ0n) is 10.6. The molecule has 0 saturated heterocycles. The third kappa shape index (κ3) is 2.81. The zero-order chi connectivity index (χ0) is 12.6. The van der Waals surface area contributed by atoms with Crippen LogP contribution < -0.4 is 5.32 Å². The summed E-state index contributed by atoms with van der Waals surface area (Å²) in [4.78, 5) is 0. The first kappa shape index (κ1) is 12.9. The van der Waals surface area contributed by atoms with Crippen LogP contribution in [0.25, 0.3) is 0 Å².